The van der Waals surface area contributed by atoms with Gasteiger partial charge >= 0.3 is 0 Å². The van der Waals surface area contributed by atoms with E-state index in [1.807, 2.05) is 6.92 Å². The fourth-order valence-corrected chi connectivity index (χ4v) is 1.96. The first kappa shape index (κ1) is 9.59. The second-order valence-corrected chi connectivity index (χ2v) is 4.16. The van der Waals surface area contributed by atoms with Crippen molar-refractivity contribution in [3.8, 4) is 0 Å². The summed E-state index contributed by atoms with van der Waals surface area (Å²) in [6.45, 7) is 2.00. The van der Waals surface area contributed by atoms with Gasteiger partial charge in [0.15, 0.2) is 0 Å². The van der Waals surface area contributed by atoms with E-state index in [1.54, 1.807) is 0 Å². The Labute approximate surface area is 81.4 Å². The van der Waals surface area contributed by atoms with Gasteiger partial charge in [-0.3, -0.25) is 0 Å². The van der Waals surface area contributed by atoms with E-state index >= 15 is 0 Å². The molecule has 3 heteroatoms. The van der Waals surface area contributed by atoms with Crippen LogP contribution in [0.5, 0.6) is 0 Å². The van der Waals surface area contributed by atoms with Gasteiger partial charge in [0.1, 0.15) is 11.6 Å². The van der Waals surface area contributed by atoms with E-state index in [2.05, 4.69) is 0 Å². The fourth-order valence-electron chi connectivity index (χ4n) is 1.96. The van der Waals surface area contributed by atoms with Gasteiger partial charge in [-0.2, -0.15) is 0 Å². The molecule has 0 aliphatic heterocycles. The van der Waals surface area contributed by atoms with Crippen molar-refractivity contribution in [3.63, 3.8) is 0 Å². The Morgan fingerprint density at radius 3 is 2.36 bits per heavy atom. The predicted molar refractivity (Wildman–Crippen MR) is 48.9 cm³/mol. The molecule has 1 fully saturated rings. The smallest absolute Gasteiger partial charge is 0.126 e. The summed E-state index contributed by atoms with van der Waals surface area (Å²) in [6, 6.07) is 3.56. The van der Waals surface area contributed by atoms with E-state index in [0.29, 0.717) is 5.56 Å². The average molecular weight is 198 g/mol. The molecule has 1 saturated carbocycles. The summed E-state index contributed by atoms with van der Waals surface area (Å²) in [5, 5.41) is 8.95. The molecule has 1 aliphatic carbocycles. The van der Waals surface area contributed by atoms with Gasteiger partial charge in [0, 0.05) is 12.7 Å². The number of benzene rings is 1. The summed E-state index contributed by atoms with van der Waals surface area (Å²) in [7, 11) is 0. The highest BCUT2D eigenvalue weighted by Crippen LogP contribution is 2.53. The Morgan fingerprint density at radius 1 is 1.36 bits per heavy atom. The first-order valence-corrected chi connectivity index (χ1v) is 4.63. The molecule has 76 valence electrons. The summed E-state index contributed by atoms with van der Waals surface area (Å²) < 4.78 is 25.8. The molecule has 1 aromatic rings. The third kappa shape index (κ3) is 1.42. The molecule has 2 atom stereocenters. The Balaban J connectivity index is 2.34. The van der Waals surface area contributed by atoms with E-state index in [0.717, 1.165) is 12.5 Å². The van der Waals surface area contributed by atoms with Crippen LogP contribution < -0.4 is 0 Å². The third-order valence-corrected chi connectivity index (χ3v) is 3.15. The first-order chi connectivity index (χ1) is 6.56. The van der Waals surface area contributed by atoms with Crippen molar-refractivity contribution < 1.29 is 13.9 Å². The number of hydrogen-bond donors (Lipinski definition) is 1. The normalized spacial score (nSPS) is 30.4. The van der Waals surface area contributed by atoms with Crippen molar-refractivity contribution in [2.24, 2.45) is 5.92 Å². The quantitative estimate of drug-likeness (QED) is 0.772. The fraction of sp³-hybridized carbons (Fsp3) is 0.455. The highest BCUT2D eigenvalue weighted by atomic mass is 19.1. The monoisotopic (exact) mass is 198 g/mol. The standard InChI is InChI=1S/C11H12F2O/c1-11(5-8(11)6-14)7-2-9(12)4-10(13)3-7/h2-4,8,14H,5-6H2,1H3. The van der Waals surface area contributed by atoms with Crippen molar-refractivity contribution in [3.05, 3.63) is 35.4 Å². The first-order valence-electron chi connectivity index (χ1n) is 4.63. The van der Waals surface area contributed by atoms with E-state index in [4.69, 9.17) is 5.11 Å². The van der Waals surface area contributed by atoms with Crippen molar-refractivity contribution in [1.29, 1.82) is 0 Å². The molecule has 2 rings (SSSR count). The maximum atomic E-state index is 12.9. The van der Waals surface area contributed by atoms with E-state index < -0.39 is 11.6 Å². The van der Waals surface area contributed by atoms with Crippen LogP contribution in [0.1, 0.15) is 18.9 Å². The van der Waals surface area contributed by atoms with Crippen LogP contribution in [0.15, 0.2) is 18.2 Å². The molecule has 0 bridgehead atoms. The van der Waals surface area contributed by atoms with Gasteiger partial charge in [-0.1, -0.05) is 6.92 Å². The van der Waals surface area contributed by atoms with Crippen molar-refractivity contribution in [2.45, 2.75) is 18.8 Å². The molecule has 0 radical (unpaired) electrons. The molecule has 1 N–H and O–H groups in total. The second kappa shape index (κ2) is 3.02. The maximum Gasteiger partial charge on any atom is 0.126 e. The number of hydrogen-bond acceptors (Lipinski definition) is 1. The second-order valence-electron chi connectivity index (χ2n) is 4.16. The predicted octanol–water partition coefficient (Wildman–Crippen LogP) is 2.23. The molecule has 14 heavy (non-hydrogen) atoms. The summed E-state index contributed by atoms with van der Waals surface area (Å²) in [5.74, 6) is -0.960. The largest absolute Gasteiger partial charge is 0.396 e. The maximum absolute atomic E-state index is 12.9. The minimum Gasteiger partial charge on any atom is -0.396 e. The lowest BCUT2D eigenvalue weighted by atomic mass is 9.95. The lowest BCUT2D eigenvalue weighted by Crippen LogP contribution is -2.07. The molecule has 1 aromatic carbocycles. The van der Waals surface area contributed by atoms with Gasteiger partial charge < -0.3 is 5.11 Å². The third-order valence-electron chi connectivity index (χ3n) is 3.15. The summed E-state index contributed by atoms with van der Waals surface area (Å²) in [4.78, 5) is 0. The number of rotatable bonds is 2. The van der Waals surface area contributed by atoms with Crippen molar-refractivity contribution >= 4 is 0 Å². The zero-order valence-electron chi connectivity index (χ0n) is 7.93. The Hall–Kier alpha value is -0.960. The zero-order chi connectivity index (χ0) is 10.3. The number of halogens is 2. The molecule has 1 aliphatic rings. The van der Waals surface area contributed by atoms with E-state index in [1.165, 1.54) is 12.1 Å². The minimum absolute atomic E-state index is 0.0780. The average Bonchev–Trinajstić information content (AvgIpc) is 2.77. The summed E-state index contributed by atoms with van der Waals surface area (Å²) >= 11 is 0. The van der Waals surface area contributed by atoms with E-state index in [-0.39, 0.29) is 17.9 Å². The highest BCUT2D eigenvalue weighted by molar-refractivity contribution is 5.33. The van der Waals surface area contributed by atoms with Crippen LogP contribution in [0.4, 0.5) is 8.78 Å². The summed E-state index contributed by atoms with van der Waals surface area (Å²) in [6.07, 6.45) is 0.798. The van der Waals surface area contributed by atoms with Crippen LogP contribution in [0, 0.1) is 17.6 Å². The van der Waals surface area contributed by atoms with Crippen LogP contribution in [0.25, 0.3) is 0 Å². The molecule has 0 amide bonds. The molecule has 0 heterocycles. The van der Waals surface area contributed by atoms with E-state index in [9.17, 15) is 8.78 Å². The molecule has 0 spiro atoms. The molecule has 1 nitrogen and oxygen atoms in total. The number of aliphatic hydroxyl groups is 1. The molecule has 2 unspecified atom stereocenters. The Bertz CT molecular complexity index is 344. The van der Waals surface area contributed by atoms with Gasteiger partial charge in [-0.25, -0.2) is 8.78 Å². The molecule has 0 aromatic heterocycles. The van der Waals surface area contributed by atoms with Crippen LogP contribution in [-0.4, -0.2) is 11.7 Å². The van der Waals surface area contributed by atoms with Gasteiger partial charge in [-0.15, -0.1) is 0 Å². The Kier molecular flexibility index (Phi) is 2.07. The van der Waals surface area contributed by atoms with Crippen LogP contribution in [0.3, 0.4) is 0 Å². The Morgan fingerprint density at radius 2 is 1.93 bits per heavy atom. The lowest BCUT2D eigenvalue weighted by Gasteiger charge is -2.11. The number of aliphatic hydroxyl groups excluding tert-OH is 1. The van der Waals surface area contributed by atoms with Gasteiger partial charge in [0.05, 0.1) is 0 Å². The molecular weight excluding hydrogens is 186 g/mol. The van der Waals surface area contributed by atoms with Crippen molar-refractivity contribution in [2.75, 3.05) is 6.61 Å². The zero-order valence-corrected chi connectivity index (χ0v) is 7.93. The minimum atomic E-state index is -0.551. The molecule has 0 saturated heterocycles. The van der Waals surface area contributed by atoms with Gasteiger partial charge in [0.2, 0.25) is 0 Å². The van der Waals surface area contributed by atoms with Gasteiger partial charge in [-0.05, 0) is 35.4 Å². The SMILES string of the molecule is CC1(c2cc(F)cc(F)c2)CC1CO. The van der Waals surface area contributed by atoms with Crippen molar-refractivity contribution in [1.82, 2.24) is 0 Å². The molecular formula is C11H12F2O. The van der Waals surface area contributed by atoms with Gasteiger partial charge in [0.25, 0.3) is 0 Å². The topological polar surface area (TPSA) is 20.2 Å². The van der Waals surface area contributed by atoms with Crippen LogP contribution in [0.2, 0.25) is 0 Å². The van der Waals surface area contributed by atoms with Crippen LogP contribution in [-0.2, 0) is 5.41 Å². The summed E-state index contributed by atoms with van der Waals surface area (Å²) in [5.41, 5.74) is 0.409. The van der Waals surface area contributed by atoms with Crippen LogP contribution >= 0.6 is 0 Å². The lowest BCUT2D eigenvalue weighted by molar-refractivity contribution is 0.265. The highest BCUT2D eigenvalue weighted by Gasteiger charge is 2.50.